The van der Waals surface area contributed by atoms with E-state index in [4.69, 9.17) is 4.74 Å². The number of nitrogens with one attached hydrogen (secondary N) is 1. The molecule has 2 fully saturated rings. The summed E-state index contributed by atoms with van der Waals surface area (Å²) in [6.07, 6.45) is 1.54. The van der Waals surface area contributed by atoms with Gasteiger partial charge in [-0.15, -0.1) is 11.3 Å². The summed E-state index contributed by atoms with van der Waals surface area (Å²) in [6.45, 7) is 3.46. The van der Waals surface area contributed by atoms with Gasteiger partial charge in [0.15, 0.2) is 0 Å². The van der Waals surface area contributed by atoms with Crippen molar-refractivity contribution in [1.82, 2.24) is 10.2 Å². The Morgan fingerprint density at radius 3 is 2.85 bits per heavy atom. The maximum Gasteiger partial charge on any atom is 0.263 e. The van der Waals surface area contributed by atoms with Crippen LogP contribution in [0.15, 0.2) is 17.5 Å². The van der Waals surface area contributed by atoms with Gasteiger partial charge in [0, 0.05) is 13.1 Å². The van der Waals surface area contributed by atoms with Gasteiger partial charge in [-0.1, -0.05) is 6.07 Å². The summed E-state index contributed by atoms with van der Waals surface area (Å²) in [5, 5.41) is 4.86. The number of rotatable bonds is 1. The SMILES string of the molecule is C[C@H]1NC(=O)COC12CCN(C(=O)c1cccs1)CC2. The lowest BCUT2D eigenvalue weighted by atomic mass is 9.83. The van der Waals surface area contributed by atoms with Crippen molar-refractivity contribution in [3.63, 3.8) is 0 Å². The molecule has 20 heavy (non-hydrogen) atoms. The average molecular weight is 294 g/mol. The second kappa shape index (κ2) is 5.18. The summed E-state index contributed by atoms with van der Waals surface area (Å²) in [6, 6.07) is 3.76. The molecule has 6 heteroatoms. The number of amides is 2. The third-order valence-corrected chi connectivity index (χ3v) is 5.14. The Bertz CT molecular complexity index is 506. The molecular formula is C14H18N2O3S. The maximum absolute atomic E-state index is 12.3. The summed E-state index contributed by atoms with van der Waals surface area (Å²) in [4.78, 5) is 26.3. The molecule has 0 saturated carbocycles. The quantitative estimate of drug-likeness (QED) is 0.848. The minimum atomic E-state index is -0.305. The number of nitrogens with zero attached hydrogens (tertiary/aromatic N) is 1. The van der Waals surface area contributed by atoms with Crippen LogP contribution < -0.4 is 5.32 Å². The second-order valence-electron chi connectivity index (χ2n) is 5.41. The fraction of sp³-hybridized carbons (Fsp3) is 0.571. The molecule has 3 rings (SSSR count). The number of ether oxygens (including phenoxy) is 1. The molecule has 2 aliphatic heterocycles. The number of likely N-dealkylation sites (tertiary alicyclic amines) is 1. The summed E-state index contributed by atoms with van der Waals surface area (Å²) in [5.74, 6) is 0.0440. The van der Waals surface area contributed by atoms with Crippen LogP contribution in [0.3, 0.4) is 0 Å². The Balaban J connectivity index is 1.65. The van der Waals surface area contributed by atoms with Gasteiger partial charge >= 0.3 is 0 Å². The van der Waals surface area contributed by atoms with Gasteiger partial charge in [-0.05, 0) is 31.2 Å². The van der Waals surface area contributed by atoms with E-state index in [0.29, 0.717) is 13.1 Å². The van der Waals surface area contributed by atoms with Gasteiger partial charge in [0.05, 0.1) is 16.5 Å². The third-order valence-electron chi connectivity index (χ3n) is 4.29. The lowest BCUT2D eigenvalue weighted by Crippen LogP contribution is -2.63. The van der Waals surface area contributed by atoms with Crippen LogP contribution in [0.1, 0.15) is 29.4 Å². The van der Waals surface area contributed by atoms with E-state index in [9.17, 15) is 9.59 Å². The molecule has 1 spiro atoms. The minimum Gasteiger partial charge on any atom is -0.363 e. The number of thiophene rings is 1. The molecule has 1 N–H and O–H groups in total. The summed E-state index contributed by atoms with van der Waals surface area (Å²) >= 11 is 1.47. The monoisotopic (exact) mass is 294 g/mol. The van der Waals surface area contributed by atoms with Crippen molar-refractivity contribution in [2.75, 3.05) is 19.7 Å². The van der Waals surface area contributed by atoms with E-state index in [1.165, 1.54) is 11.3 Å². The van der Waals surface area contributed by atoms with Crippen LogP contribution >= 0.6 is 11.3 Å². The second-order valence-corrected chi connectivity index (χ2v) is 6.36. The zero-order chi connectivity index (χ0) is 14.2. The zero-order valence-electron chi connectivity index (χ0n) is 11.4. The molecule has 1 aromatic heterocycles. The molecule has 0 aliphatic carbocycles. The van der Waals surface area contributed by atoms with Crippen LogP contribution in [-0.2, 0) is 9.53 Å². The van der Waals surface area contributed by atoms with Gasteiger partial charge in [0.25, 0.3) is 5.91 Å². The number of piperidine rings is 1. The molecule has 5 nitrogen and oxygen atoms in total. The van der Waals surface area contributed by atoms with E-state index < -0.39 is 0 Å². The first-order valence-electron chi connectivity index (χ1n) is 6.87. The normalized spacial score (nSPS) is 25.6. The topological polar surface area (TPSA) is 58.6 Å². The van der Waals surface area contributed by atoms with Crippen LogP contribution in [-0.4, -0.2) is 48.1 Å². The predicted molar refractivity (Wildman–Crippen MR) is 75.7 cm³/mol. The molecule has 0 unspecified atom stereocenters. The Morgan fingerprint density at radius 1 is 1.50 bits per heavy atom. The molecule has 2 aliphatic rings. The Hall–Kier alpha value is -1.40. The Labute approximate surface area is 121 Å². The number of carbonyl (C=O) groups is 2. The molecule has 0 aromatic carbocycles. The highest BCUT2D eigenvalue weighted by Crippen LogP contribution is 2.32. The van der Waals surface area contributed by atoms with E-state index in [2.05, 4.69) is 5.32 Å². The highest BCUT2D eigenvalue weighted by molar-refractivity contribution is 7.12. The summed E-state index contributed by atoms with van der Waals surface area (Å²) < 4.78 is 5.80. The van der Waals surface area contributed by atoms with Gasteiger partial charge in [-0.25, -0.2) is 0 Å². The Morgan fingerprint density at radius 2 is 2.25 bits per heavy atom. The van der Waals surface area contributed by atoms with Gasteiger partial charge in [-0.3, -0.25) is 9.59 Å². The summed E-state index contributed by atoms with van der Waals surface area (Å²) in [7, 11) is 0. The van der Waals surface area contributed by atoms with Crippen LogP contribution in [0.4, 0.5) is 0 Å². The fourth-order valence-electron chi connectivity index (χ4n) is 2.97. The van der Waals surface area contributed by atoms with Crippen molar-refractivity contribution in [1.29, 1.82) is 0 Å². The van der Waals surface area contributed by atoms with Crippen LogP contribution in [0, 0.1) is 0 Å². The fourth-order valence-corrected chi connectivity index (χ4v) is 3.66. The van der Waals surface area contributed by atoms with E-state index in [-0.39, 0.29) is 30.1 Å². The van der Waals surface area contributed by atoms with Gasteiger partial charge in [0.2, 0.25) is 5.91 Å². The molecule has 1 aromatic rings. The Kier molecular flexibility index (Phi) is 3.52. The van der Waals surface area contributed by atoms with Gasteiger partial charge in [-0.2, -0.15) is 0 Å². The molecule has 108 valence electrons. The zero-order valence-corrected chi connectivity index (χ0v) is 12.2. The number of morpholine rings is 1. The van der Waals surface area contributed by atoms with Crippen molar-refractivity contribution in [2.45, 2.75) is 31.4 Å². The average Bonchev–Trinajstić information content (AvgIpc) is 2.98. The van der Waals surface area contributed by atoms with Crippen molar-refractivity contribution in [2.24, 2.45) is 0 Å². The maximum atomic E-state index is 12.3. The first kappa shape index (κ1) is 13.6. The van der Waals surface area contributed by atoms with Crippen molar-refractivity contribution in [3.8, 4) is 0 Å². The molecule has 2 amide bonds. The van der Waals surface area contributed by atoms with E-state index >= 15 is 0 Å². The van der Waals surface area contributed by atoms with Crippen molar-refractivity contribution >= 4 is 23.2 Å². The lowest BCUT2D eigenvalue weighted by Gasteiger charge is -2.47. The largest absolute Gasteiger partial charge is 0.363 e. The van der Waals surface area contributed by atoms with Crippen LogP contribution in [0.5, 0.6) is 0 Å². The molecule has 1 atom stereocenters. The standard InChI is InChI=1S/C14H18N2O3S/c1-10-14(19-9-12(17)15-10)4-6-16(7-5-14)13(18)11-3-2-8-20-11/h2-3,8,10H,4-7,9H2,1H3,(H,15,17)/t10-/m1/s1. The van der Waals surface area contributed by atoms with Crippen LogP contribution in [0.25, 0.3) is 0 Å². The summed E-state index contributed by atoms with van der Waals surface area (Å²) in [5.41, 5.74) is -0.305. The van der Waals surface area contributed by atoms with E-state index in [1.807, 2.05) is 29.3 Å². The van der Waals surface area contributed by atoms with E-state index in [1.54, 1.807) is 0 Å². The smallest absolute Gasteiger partial charge is 0.263 e. The minimum absolute atomic E-state index is 0.00254. The highest BCUT2D eigenvalue weighted by atomic mass is 32.1. The first-order valence-corrected chi connectivity index (χ1v) is 7.75. The number of carbonyl (C=O) groups excluding carboxylic acids is 2. The number of hydrogen-bond acceptors (Lipinski definition) is 4. The predicted octanol–water partition coefficient (Wildman–Crippen LogP) is 1.26. The molecule has 0 bridgehead atoms. The van der Waals surface area contributed by atoms with Crippen LogP contribution in [0.2, 0.25) is 0 Å². The highest BCUT2D eigenvalue weighted by Gasteiger charge is 2.44. The third kappa shape index (κ3) is 2.33. The molecule has 3 heterocycles. The lowest BCUT2D eigenvalue weighted by molar-refractivity contribution is -0.158. The number of hydrogen-bond donors (Lipinski definition) is 1. The van der Waals surface area contributed by atoms with Gasteiger partial charge < -0.3 is 15.0 Å². The van der Waals surface area contributed by atoms with Gasteiger partial charge in [0.1, 0.15) is 6.61 Å². The molecular weight excluding hydrogens is 276 g/mol. The van der Waals surface area contributed by atoms with Crippen molar-refractivity contribution in [3.05, 3.63) is 22.4 Å². The van der Waals surface area contributed by atoms with E-state index in [0.717, 1.165) is 17.7 Å². The molecule has 0 radical (unpaired) electrons. The van der Waals surface area contributed by atoms with Crippen molar-refractivity contribution < 1.29 is 14.3 Å². The first-order chi connectivity index (χ1) is 9.61. The molecule has 2 saturated heterocycles.